The molecule has 1 aliphatic rings. The minimum atomic E-state index is -1.45. The first-order chi connectivity index (χ1) is 14.9. The van der Waals surface area contributed by atoms with Gasteiger partial charge < -0.3 is 20.5 Å². The van der Waals surface area contributed by atoms with Crippen LogP contribution in [0.1, 0.15) is 49.0 Å². The molecule has 3 rings (SSSR count). The Morgan fingerprint density at radius 2 is 1.94 bits per heavy atom. The van der Waals surface area contributed by atoms with Crippen molar-refractivity contribution in [3.8, 4) is 5.75 Å². The third-order valence-corrected chi connectivity index (χ3v) is 5.14. The van der Waals surface area contributed by atoms with Gasteiger partial charge in [0.05, 0.1) is 12.2 Å². The largest absolute Gasteiger partial charge is 0.490 e. The smallest absolute Gasteiger partial charge is 0.254 e. The molecule has 2 aromatic carbocycles. The standard InChI is InChI=1S/C23H27F2N3O3/c1-2-30-21(23(29)28-13-15-5-7-16(8-6-15)22(26)27)19-17(24)9-10-18(20(19)25)31-12-11-14-3-4-14/h5-10,14,21H,2-4,11-13H2,1H3,(H3,26,27)(H,28,29)/t21-/m0/s1. The molecule has 0 aliphatic heterocycles. The number of carbonyl (C=O) groups excluding carboxylic acids is 1. The molecule has 31 heavy (non-hydrogen) atoms. The zero-order chi connectivity index (χ0) is 22.4. The van der Waals surface area contributed by atoms with E-state index in [1.54, 1.807) is 31.2 Å². The summed E-state index contributed by atoms with van der Waals surface area (Å²) in [6, 6.07) is 9.06. The molecule has 0 unspecified atom stereocenters. The van der Waals surface area contributed by atoms with Gasteiger partial charge in [0.15, 0.2) is 17.7 Å². The minimum Gasteiger partial charge on any atom is -0.490 e. The molecule has 166 valence electrons. The van der Waals surface area contributed by atoms with E-state index >= 15 is 4.39 Å². The molecular weight excluding hydrogens is 404 g/mol. The lowest BCUT2D eigenvalue weighted by molar-refractivity contribution is -0.133. The predicted octanol–water partition coefficient (Wildman–Crippen LogP) is 3.82. The van der Waals surface area contributed by atoms with E-state index in [0.717, 1.165) is 30.9 Å². The second-order valence-corrected chi connectivity index (χ2v) is 7.52. The van der Waals surface area contributed by atoms with E-state index in [9.17, 15) is 9.18 Å². The lowest BCUT2D eigenvalue weighted by Crippen LogP contribution is -2.31. The molecule has 0 bridgehead atoms. The van der Waals surface area contributed by atoms with E-state index in [0.29, 0.717) is 18.1 Å². The number of halogens is 2. The first-order valence-electron chi connectivity index (χ1n) is 10.3. The minimum absolute atomic E-state index is 0.0582. The number of rotatable bonds is 11. The van der Waals surface area contributed by atoms with Gasteiger partial charge in [-0.3, -0.25) is 10.2 Å². The number of benzene rings is 2. The van der Waals surface area contributed by atoms with Gasteiger partial charge in [0.1, 0.15) is 11.7 Å². The number of amidine groups is 1. The van der Waals surface area contributed by atoms with Gasteiger partial charge in [0.2, 0.25) is 0 Å². The number of carbonyl (C=O) groups is 1. The maximum absolute atomic E-state index is 15.0. The van der Waals surface area contributed by atoms with E-state index in [1.807, 2.05) is 0 Å². The van der Waals surface area contributed by atoms with Crippen LogP contribution in [0.25, 0.3) is 0 Å². The first-order valence-corrected chi connectivity index (χ1v) is 10.3. The topological polar surface area (TPSA) is 97.4 Å². The van der Waals surface area contributed by atoms with Crippen molar-refractivity contribution in [2.24, 2.45) is 11.7 Å². The zero-order valence-electron chi connectivity index (χ0n) is 17.4. The normalized spacial score (nSPS) is 14.2. The first kappa shape index (κ1) is 22.7. The highest BCUT2D eigenvalue weighted by atomic mass is 19.1. The van der Waals surface area contributed by atoms with E-state index in [-0.39, 0.29) is 24.7 Å². The van der Waals surface area contributed by atoms with Gasteiger partial charge in [0, 0.05) is 18.7 Å². The third kappa shape index (κ3) is 6.01. The molecule has 1 aliphatic carbocycles. The second kappa shape index (κ2) is 10.3. The monoisotopic (exact) mass is 431 g/mol. The Bertz CT molecular complexity index is 930. The van der Waals surface area contributed by atoms with E-state index < -0.39 is 29.2 Å². The summed E-state index contributed by atoms with van der Waals surface area (Å²) >= 11 is 0. The van der Waals surface area contributed by atoms with Crippen molar-refractivity contribution < 1.29 is 23.0 Å². The molecule has 1 amide bonds. The maximum atomic E-state index is 15.0. The van der Waals surface area contributed by atoms with Crippen LogP contribution in [0.15, 0.2) is 36.4 Å². The highest BCUT2D eigenvalue weighted by Gasteiger charge is 2.30. The number of nitrogens with one attached hydrogen (secondary N) is 2. The average Bonchev–Trinajstić information content (AvgIpc) is 3.57. The van der Waals surface area contributed by atoms with Crippen LogP contribution in [0.5, 0.6) is 5.75 Å². The highest BCUT2D eigenvalue weighted by molar-refractivity contribution is 5.94. The number of nitrogen functional groups attached to an aromatic ring is 1. The lowest BCUT2D eigenvalue weighted by Gasteiger charge is -2.20. The van der Waals surface area contributed by atoms with Crippen LogP contribution >= 0.6 is 0 Å². The molecule has 1 saturated carbocycles. The van der Waals surface area contributed by atoms with Crippen LogP contribution in [0.3, 0.4) is 0 Å². The molecule has 4 N–H and O–H groups in total. The zero-order valence-corrected chi connectivity index (χ0v) is 17.4. The van der Waals surface area contributed by atoms with Crippen molar-refractivity contribution in [3.63, 3.8) is 0 Å². The van der Waals surface area contributed by atoms with E-state index in [1.165, 1.54) is 6.07 Å². The van der Waals surface area contributed by atoms with Gasteiger partial charge in [-0.2, -0.15) is 0 Å². The van der Waals surface area contributed by atoms with Gasteiger partial charge in [-0.05, 0) is 37.0 Å². The summed E-state index contributed by atoms with van der Waals surface area (Å²) in [5, 5.41) is 10.1. The molecule has 0 spiro atoms. The SMILES string of the molecule is CCO[C@H](C(=O)NCc1ccc(C(=N)N)cc1)c1c(F)ccc(OCCC2CC2)c1F. The van der Waals surface area contributed by atoms with Crippen molar-refractivity contribution in [1.29, 1.82) is 5.41 Å². The fourth-order valence-corrected chi connectivity index (χ4v) is 3.18. The van der Waals surface area contributed by atoms with Crippen molar-refractivity contribution >= 4 is 11.7 Å². The Balaban J connectivity index is 1.71. The van der Waals surface area contributed by atoms with Crippen LogP contribution in [-0.4, -0.2) is 25.0 Å². The van der Waals surface area contributed by atoms with Crippen LogP contribution in [0, 0.1) is 23.0 Å². The van der Waals surface area contributed by atoms with Crippen molar-refractivity contribution in [2.45, 2.75) is 38.8 Å². The third-order valence-electron chi connectivity index (χ3n) is 5.14. The summed E-state index contributed by atoms with van der Waals surface area (Å²) < 4.78 is 40.5. The summed E-state index contributed by atoms with van der Waals surface area (Å²) in [5.74, 6) is -1.98. The van der Waals surface area contributed by atoms with Gasteiger partial charge in [0.25, 0.3) is 5.91 Å². The molecule has 2 aromatic rings. The summed E-state index contributed by atoms with van der Waals surface area (Å²) in [6.45, 7) is 2.21. The molecule has 8 heteroatoms. The Morgan fingerprint density at radius 1 is 1.23 bits per heavy atom. The summed E-state index contributed by atoms with van der Waals surface area (Å²) in [6.07, 6.45) is 1.69. The molecule has 1 atom stereocenters. The van der Waals surface area contributed by atoms with Crippen LogP contribution in [0.4, 0.5) is 8.78 Å². The fourth-order valence-electron chi connectivity index (χ4n) is 3.18. The lowest BCUT2D eigenvalue weighted by atomic mass is 10.1. The van der Waals surface area contributed by atoms with Crippen molar-refractivity contribution in [2.75, 3.05) is 13.2 Å². The van der Waals surface area contributed by atoms with E-state index in [4.69, 9.17) is 20.6 Å². The Kier molecular flexibility index (Phi) is 7.57. The van der Waals surface area contributed by atoms with Crippen LogP contribution < -0.4 is 15.8 Å². The highest BCUT2D eigenvalue weighted by Crippen LogP contribution is 2.34. The van der Waals surface area contributed by atoms with Gasteiger partial charge >= 0.3 is 0 Å². The molecule has 0 heterocycles. The Hall–Kier alpha value is -3.00. The van der Waals surface area contributed by atoms with Gasteiger partial charge in [-0.1, -0.05) is 37.1 Å². The summed E-state index contributed by atoms with van der Waals surface area (Å²) in [7, 11) is 0. The molecular formula is C23H27F2N3O3. The van der Waals surface area contributed by atoms with Crippen LogP contribution in [0.2, 0.25) is 0 Å². The van der Waals surface area contributed by atoms with Gasteiger partial charge in [-0.25, -0.2) is 8.78 Å². The van der Waals surface area contributed by atoms with Gasteiger partial charge in [-0.15, -0.1) is 0 Å². The molecule has 1 fully saturated rings. The van der Waals surface area contributed by atoms with Crippen molar-refractivity contribution in [1.82, 2.24) is 5.32 Å². The molecule has 0 aromatic heterocycles. The average molecular weight is 431 g/mol. The number of amides is 1. The summed E-state index contributed by atoms with van der Waals surface area (Å²) in [4.78, 5) is 12.7. The Morgan fingerprint density at radius 3 is 2.55 bits per heavy atom. The quantitative estimate of drug-likeness (QED) is 0.372. The predicted molar refractivity (Wildman–Crippen MR) is 113 cm³/mol. The fraction of sp³-hybridized carbons (Fsp3) is 0.391. The molecule has 6 nitrogen and oxygen atoms in total. The van der Waals surface area contributed by atoms with Crippen molar-refractivity contribution in [3.05, 3.63) is 64.7 Å². The van der Waals surface area contributed by atoms with E-state index in [2.05, 4.69) is 5.32 Å². The molecule has 0 saturated heterocycles. The Labute approximate surface area is 180 Å². The second-order valence-electron chi connectivity index (χ2n) is 7.52. The number of ether oxygens (including phenoxy) is 2. The summed E-state index contributed by atoms with van der Waals surface area (Å²) in [5.41, 5.74) is 6.27. The van der Waals surface area contributed by atoms with Crippen LogP contribution in [-0.2, 0) is 16.1 Å². The maximum Gasteiger partial charge on any atom is 0.254 e. The number of hydrogen-bond acceptors (Lipinski definition) is 4. The number of hydrogen-bond donors (Lipinski definition) is 3. The molecule has 0 radical (unpaired) electrons. The number of nitrogens with two attached hydrogens (primary N) is 1.